The van der Waals surface area contributed by atoms with E-state index >= 15 is 0 Å². The van der Waals surface area contributed by atoms with Gasteiger partial charge in [-0.05, 0) is 13.8 Å². The van der Waals surface area contributed by atoms with Crippen molar-refractivity contribution in [3.05, 3.63) is 46.8 Å². The molecule has 8 heteroatoms. The normalized spacial score (nSPS) is 22.3. The van der Waals surface area contributed by atoms with Crippen molar-refractivity contribution in [1.82, 2.24) is 14.5 Å². The van der Waals surface area contributed by atoms with Gasteiger partial charge in [-0.3, -0.25) is 15.0 Å². The molecule has 1 aromatic heterocycles. The maximum absolute atomic E-state index is 11.0. The summed E-state index contributed by atoms with van der Waals surface area (Å²) in [6, 6.07) is 6.37. The molecule has 0 spiro atoms. The molecular weight excluding hydrogens is 336 g/mol. The van der Waals surface area contributed by atoms with E-state index in [1.807, 2.05) is 18.4 Å². The summed E-state index contributed by atoms with van der Waals surface area (Å²) in [5.74, 6) is 0.608. The van der Waals surface area contributed by atoms with Gasteiger partial charge >= 0.3 is 0 Å². The van der Waals surface area contributed by atoms with E-state index in [-0.39, 0.29) is 17.9 Å². The summed E-state index contributed by atoms with van der Waals surface area (Å²) in [4.78, 5) is 17.1. The first-order valence-corrected chi connectivity index (χ1v) is 8.74. The first-order valence-electron chi connectivity index (χ1n) is 8.74. The molecule has 3 atom stereocenters. The van der Waals surface area contributed by atoms with Crippen molar-refractivity contribution in [2.75, 3.05) is 19.6 Å². The van der Waals surface area contributed by atoms with Gasteiger partial charge in [-0.25, -0.2) is 4.98 Å². The second-order valence-corrected chi connectivity index (χ2v) is 6.84. The predicted molar refractivity (Wildman–Crippen MR) is 96.8 cm³/mol. The highest BCUT2D eigenvalue weighted by Crippen LogP contribution is 2.23. The SMILES string of the molecule is C[C@@H]1CN(C[C@@H](O)Cn2ccnc2-c2cccc([N+](=O)[O-])c2)C[C@@H](C)O1. The number of aliphatic hydroxyl groups excluding tert-OH is 1. The van der Waals surface area contributed by atoms with Gasteiger partial charge in [0.05, 0.1) is 29.8 Å². The van der Waals surface area contributed by atoms with Crippen LogP contribution in [0, 0.1) is 10.1 Å². The molecule has 1 aliphatic heterocycles. The van der Waals surface area contributed by atoms with Crippen molar-refractivity contribution in [3.63, 3.8) is 0 Å². The van der Waals surface area contributed by atoms with Gasteiger partial charge in [-0.2, -0.15) is 0 Å². The predicted octanol–water partition coefficient (Wildman–Crippen LogP) is 1.93. The minimum Gasteiger partial charge on any atom is -0.390 e. The molecule has 2 heterocycles. The number of non-ortho nitro benzene ring substituents is 1. The number of aromatic nitrogens is 2. The van der Waals surface area contributed by atoms with Crippen LogP contribution in [0.2, 0.25) is 0 Å². The highest BCUT2D eigenvalue weighted by molar-refractivity contribution is 5.59. The Balaban J connectivity index is 1.69. The van der Waals surface area contributed by atoms with Gasteiger partial charge in [0.2, 0.25) is 0 Å². The lowest BCUT2D eigenvalue weighted by molar-refractivity contribution is -0.384. The van der Waals surface area contributed by atoms with Gasteiger partial charge in [0, 0.05) is 49.7 Å². The van der Waals surface area contributed by atoms with Gasteiger partial charge in [-0.1, -0.05) is 12.1 Å². The van der Waals surface area contributed by atoms with Gasteiger partial charge in [0.25, 0.3) is 5.69 Å². The van der Waals surface area contributed by atoms with Crippen LogP contribution in [0.4, 0.5) is 5.69 Å². The summed E-state index contributed by atoms with van der Waals surface area (Å²) >= 11 is 0. The molecule has 0 radical (unpaired) electrons. The molecular formula is C18H24N4O4. The van der Waals surface area contributed by atoms with Crippen molar-refractivity contribution in [2.45, 2.75) is 38.7 Å². The first kappa shape index (κ1) is 18.5. The second-order valence-electron chi connectivity index (χ2n) is 6.84. The van der Waals surface area contributed by atoms with Crippen molar-refractivity contribution in [2.24, 2.45) is 0 Å². The summed E-state index contributed by atoms with van der Waals surface area (Å²) in [6.45, 7) is 6.57. The molecule has 0 unspecified atom stereocenters. The van der Waals surface area contributed by atoms with Gasteiger partial charge in [0.15, 0.2) is 0 Å². The Hall–Kier alpha value is -2.29. The molecule has 0 amide bonds. The standard InChI is InChI=1S/C18H24N4O4/c1-13-9-20(10-14(2)26-13)11-17(23)12-21-7-6-19-18(21)15-4-3-5-16(8-15)22(24)25/h3-8,13-14,17,23H,9-12H2,1-2H3/t13-,14-,17-/m1/s1. The van der Waals surface area contributed by atoms with Crippen LogP contribution in [0.15, 0.2) is 36.7 Å². The molecule has 3 rings (SSSR count). The van der Waals surface area contributed by atoms with Crippen LogP contribution in [-0.2, 0) is 11.3 Å². The molecule has 1 saturated heterocycles. The number of morpholine rings is 1. The average Bonchev–Trinajstić information content (AvgIpc) is 3.01. The zero-order valence-electron chi connectivity index (χ0n) is 15.0. The second kappa shape index (κ2) is 7.94. The number of nitrogens with zero attached hydrogens (tertiary/aromatic N) is 4. The van der Waals surface area contributed by atoms with Crippen molar-refractivity contribution in [1.29, 1.82) is 0 Å². The third kappa shape index (κ3) is 4.46. The fourth-order valence-corrected chi connectivity index (χ4v) is 3.49. The van der Waals surface area contributed by atoms with Crippen molar-refractivity contribution >= 4 is 5.69 Å². The number of hydrogen-bond donors (Lipinski definition) is 1. The van der Waals surface area contributed by atoms with Crippen LogP contribution in [0.3, 0.4) is 0 Å². The molecule has 26 heavy (non-hydrogen) atoms. The molecule has 1 N–H and O–H groups in total. The van der Waals surface area contributed by atoms with E-state index in [0.717, 1.165) is 13.1 Å². The number of nitro benzene ring substituents is 1. The number of aliphatic hydroxyl groups is 1. The van der Waals surface area contributed by atoms with E-state index in [9.17, 15) is 15.2 Å². The highest BCUT2D eigenvalue weighted by Gasteiger charge is 2.24. The Labute approximate surface area is 152 Å². The fourth-order valence-electron chi connectivity index (χ4n) is 3.49. The quantitative estimate of drug-likeness (QED) is 0.625. The Bertz CT molecular complexity index is 753. The van der Waals surface area contributed by atoms with E-state index in [1.54, 1.807) is 24.5 Å². The number of imidazole rings is 1. The lowest BCUT2D eigenvalue weighted by Crippen LogP contribution is -2.48. The highest BCUT2D eigenvalue weighted by atomic mass is 16.6. The number of rotatable bonds is 6. The average molecular weight is 360 g/mol. The number of β-amino-alcohol motifs (C(OH)–C–C–N with tert-alkyl or cyclic N) is 1. The van der Waals surface area contributed by atoms with E-state index < -0.39 is 11.0 Å². The minimum atomic E-state index is -0.570. The first-order chi connectivity index (χ1) is 12.4. The molecule has 8 nitrogen and oxygen atoms in total. The zero-order valence-corrected chi connectivity index (χ0v) is 15.0. The summed E-state index contributed by atoms with van der Waals surface area (Å²) in [7, 11) is 0. The van der Waals surface area contributed by atoms with Crippen molar-refractivity contribution in [3.8, 4) is 11.4 Å². The molecule has 1 aromatic carbocycles. The monoisotopic (exact) mass is 360 g/mol. The third-order valence-electron chi connectivity index (χ3n) is 4.40. The molecule has 0 aliphatic carbocycles. The summed E-state index contributed by atoms with van der Waals surface area (Å²) in [5.41, 5.74) is 0.680. The van der Waals surface area contributed by atoms with Crippen LogP contribution in [0.5, 0.6) is 0 Å². The maximum Gasteiger partial charge on any atom is 0.270 e. The Morgan fingerprint density at radius 2 is 2.08 bits per heavy atom. The van der Waals surface area contributed by atoms with E-state index in [2.05, 4.69) is 9.88 Å². The lowest BCUT2D eigenvalue weighted by atomic mass is 10.2. The smallest absolute Gasteiger partial charge is 0.270 e. The van der Waals surface area contributed by atoms with Gasteiger partial charge in [0.1, 0.15) is 5.82 Å². The van der Waals surface area contributed by atoms with Gasteiger partial charge < -0.3 is 14.4 Å². The summed E-state index contributed by atoms with van der Waals surface area (Å²) in [6.07, 6.45) is 3.15. The fraction of sp³-hybridized carbons (Fsp3) is 0.500. The van der Waals surface area contributed by atoms with Gasteiger partial charge in [-0.15, -0.1) is 0 Å². The molecule has 0 bridgehead atoms. The lowest BCUT2D eigenvalue weighted by Gasteiger charge is -2.36. The van der Waals surface area contributed by atoms with Crippen LogP contribution in [0.1, 0.15) is 13.8 Å². The van der Waals surface area contributed by atoms with Crippen molar-refractivity contribution < 1.29 is 14.8 Å². The van der Waals surface area contributed by atoms with E-state index in [1.165, 1.54) is 12.1 Å². The number of ether oxygens (including phenoxy) is 1. The molecule has 140 valence electrons. The van der Waals surface area contributed by atoms with Crippen LogP contribution in [0.25, 0.3) is 11.4 Å². The number of hydrogen-bond acceptors (Lipinski definition) is 6. The van der Waals surface area contributed by atoms with Crippen LogP contribution >= 0.6 is 0 Å². The topological polar surface area (TPSA) is 93.7 Å². The van der Waals surface area contributed by atoms with E-state index in [0.29, 0.717) is 24.5 Å². The molecule has 1 fully saturated rings. The third-order valence-corrected chi connectivity index (χ3v) is 4.40. The molecule has 2 aromatic rings. The van der Waals surface area contributed by atoms with E-state index in [4.69, 9.17) is 4.74 Å². The largest absolute Gasteiger partial charge is 0.390 e. The zero-order chi connectivity index (χ0) is 18.7. The molecule has 1 aliphatic rings. The van der Waals surface area contributed by atoms with Crippen LogP contribution < -0.4 is 0 Å². The summed E-state index contributed by atoms with van der Waals surface area (Å²) in [5, 5.41) is 21.5. The Kier molecular flexibility index (Phi) is 5.65. The Morgan fingerprint density at radius 3 is 2.77 bits per heavy atom. The number of benzene rings is 1. The maximum atomic E-state index is 11.0. The summed E-state index contributed by atoms with van der Waals surface area (Å²) < 4.78 is 7.55. The minimum absolute atomic E-state index is 0.0221. The van der Waals surface area contributed by atoms with Crippen LogP contribution in [-0.4, -0.2) is 62.4 Å². The molecule has 0 saturated carbocycles. The Morgan fingerprint density at radius 1 is 1.35 bits per heavy atom. The number of nitro groups is 1.